The third kappa shape index (κ3) is 3.59. The predicted molar refractivity (Wildman–Crippen MR) is 101 cm³/mol. The summed E-state index contributed by atoms with van der Waals surface area (Å²) in [5.74, 6) is 1.80. The van der Waals surface area contributed by atoms with Gasteiger partial charge < -0.3 is 14.4 Å². The van der Waals surface area contributed by atoms with Crippen molar-refractivity contribution in [1.82, 2.24) is 19.5 Å². The Bertz CT molecular complexity index is 886. The van der Waals surface area contributed by atoms with E-state index in [1.165, 1.54) is 12.4 Å². The minimum atomic E-state index is -3.82. The molecule has 1 aliphatic rings. The minimum absolute atomic E-state index is 0.00910. The lowest BCUT2D eigenvalue weighted by molar-refractivity contribution is 0.598. The normalized spacial score (nSPS) is 14.7. The molecule has 0 unspecified atom stereocenters. The summed E-state index contributed by atoms with van der Waals surface area (Å²) in [5, 5.41) is -0.00910. The largest absolute Gasteiger partial charge is 0.361 e. The first kappa shape index (κ1) is 18.4. The molecule has 0 atom stereocenters. The fourth-order valence-corrected chi connectivity index (χ4v) is 4.03. The van der Waals surface area contributed by atoms with Gasteiger partial charge in [0, 0.05) is 39.9 Å². The van der Waals surface area contributed by atoms with Crippen molar-refractivity contribution in [3.05, 3.63) is 18.2 Å². The first-order chi connectivity index (χ1) is 12.3. The molecule has 0 saturated carbocycles. The van der Waals surface area contributed by atoms with Crippen molar-refractivity contribution in [3.63, 3.8) is 0 Å². The highest BCUT2D eigenvalue weighted by Crippen LogP contribution is 2.27. The fraction of sp³-hybridized carbons (Fsp3) is 0.562. The summed E-state index contributed by atoms with van der Waals surface area (Å²) < 4.78 is 29.8. The summed E-state index contributed by atoms with van der Waals surface area (Å²) in [5.41, 5.74) is 0.335. The topological polar surface area (TPSA) is 96.2 Å². The molecule has 2 aromatic heterocycles. The van der Waals surface area contributed by atoms with Gasteiger partial charge in [-0.05, 0) is 26.7 Å². The highest BCUT2D eigenvalue weighted by Gasteiger charge is 2.23. The van der Waals surface area contributed by atoms with Gasteiger partial charge in [0.05, 0.1) is 6.20 Å². The molecule has 0 amide bonds. The van der Waals surface area contributed by atoms with Gasteiger partial charge in [0.1, 0.15) is 11.5 Å². The summed E-state index contributed by atoms with van der Waals surface area (Å²) in [6, 6.07) is 0. The van der Waals surface area contributed by atoms with Crippen LogP contribution in [0.5, 0.6) is 0 Å². The van der Waals surface area contributed by atoms with E-state index in [1.54, 1.807) is 16.4 Å². The maximum absolute atomic E-state index is 12.7. The molecule has 0 aliphatic carbocycles. The standard InChI is InChI=1S/C16H25N7O2S/c1-5-22-11-14(18-12(22)2)26(24,25)20-13-10-17-16(19-15(13)21(3)4)23-8-6-7-9-23/h10-11,20H,5-9H2,1-4H3. The molecule has 142 valence electrons. The number of imidazole rings is 1. The Labute approximate surface area is 154 Å². The Morgan fingerprint density at radius 1 is 1.23 bits per heavy atom. The van der Waals surface area contributed by atoms with Crippen molar-refractivity contribution in [2.45, 2.75) is 38.3 Å². The van der Waals surface area contributed by atoms with Crippen molar-refractivity contribution in [2.24, 2.45) is 0 Å². The highest BCUT2D eigenvalue weighted by atomic mass is 32.2. The van der Waals surface area contributed by atoms with Crippen LogP contribution in [0.3, 0.4) is 0 Å². The van der Waals surface area contributed by atoms with Gasteiger partial charge in [-0.3, -0.25) is 4.72 Å². The van der Waals surface area contributed by atoms with Gasteiger partial charge in [0.25, 0.3) is 10.0 Å². The molecular weight excluding hydrogens is 354 g/mol. The van der Waals surface area contributed by atoms with E-state index in [0.717, 1.165) is 25.9 Å². The second kappa shape index (κ2) is 7.10. The van der Waals surface area contributed by atoms with Crippen LogP contribution in [0.15, 0.2) is 17.4 Å². The molecular formula is C16H25N7O2S. The van der Waals surface area contributed by atoms with Crippen molar-refractivity contribution in [2.75, 3.05) is 41.7 Å². The Kier molecular flexibility index (Phi) is 5.03. The lowest BCUT2D eigenvalue weighted by atomic mass is 10.4. The monoisotopic (exact) mass is 379 g/mol. The molecule has 3 rings (SSSR count). The van der Waals surface area contributed by atoms with Crippen LogP contribution in [0.1, 0.15) is 25.6 Å². The average Bonchev–Trinajstić information content (AvgIpc) is 3.24. The van der Waals surface area contributed by atoms with Crippen LogP contribution >= 0.6 is 0 Å². The van der Waals surface area contributed by atoms with E-state index in [4.69, 9.17) is 0 Å². The summed E-state index contributed by atoms with van der Waals surface area (Å²) in [6.07, 6.45) is 5.30. The molecule has 0 aromatic carbocycles. The van der Waals surface area contributed by atoms with Crippen LogP contribution in [0.4, 0.5) is 17.5 Å². The lowest BCUT2D eigenvalue weighted by Gasteiger charge is -2.21. The summed E-state index contributed by atoms with van der Waals surface area (Å²) in [7, 11) is -0.169. The number of nitrogens with zero attached hydrogens (tertiary/aromatic N) is 6. The van der Waals surface area contributed by atoms with E-state index in [0.29, 0.717) is 29.8 Å². The molecule has 3 heterocycles. The molecule has 2 aromatic rings. The number of hydrogen-bond acceptors (Lipinski definition) is 7. The second-order valence-electron chi connectivity index (χ2n) is 6.51. The quantitative estimate of drug-likeness (QED) is 0.812. The Balaban J connectivity index is 1.92. The minimum Gasteiger partial charge on any atom is -0.361 e. The summed E-state index contributed by atoms with van der Waals surface area (Å²) in [6.45, 7) is 6.22. The van der Waals surface area contributed by atoms with Crippen LogP contribution in [0.2, 0.25) is 0 Å². The number of rotatable bonds is 6. The smallest absolute Gasteiger partial charge is 0.281 e. The van der Waals surface area contributed by atoms with Gasteiger partial charge in [-0.1, -0.05) is 0 Å². The third-order valence-corrected chi connectivity index (χ3v) is 5.62. The zero-order valence-electron chi connectivity index (χ0n) is 15.6. The third-order valence-electron chi connectivity index (χ3n) is 4.38. The van der Waals surface area contributed by atoms with E-state index in [1.807, 2.05) is 21.0 Å². The van der Waals surface area contributed by atoms with E-state index < -0.39 is 10.0 Å². The zero-order chi connectivity index (χ0) is 18.9. The SMILES string of the molecule is CCn1cc(S(=O)(=O)Nc2cnc(N3CCCC3)nc2N(C)C)nc1C. The molecule has 1 N–H and O–H groups in total. The zero-order valence-corrected chi connectivity index (χ0v) is 16.4. The van der Waals surface area contributed by atoms with Crippen molar-refractivity contribution < 1.29 is 8.42 Å². The Morgan fingerprint density at radius 2 is 1.92 bits per heavy atom. The van der Waals surface area contributed by atoms with E-state index in [-0.39, 0.29) is 5.03 Å². The molecule has 1 saturated heterocycles. The maximum atomic E-state index is 12.7. The number of anilines is 3. The molecule has 10 heteroatoms. The average molecular weight is 379 g/mol. The van der Waals surface area contributed by atoms with Crippen LogP contribution in [0, 0.1) is 6.92 Å². The van der Waals surface area contributed by atoms with Gasteiger partial charge in [-0.2, -0.15) is 13.4 Å². The molecule has 0 radical (unpaired) electrons. The van der Waals surface area contributed by atoms with Gasteiger partial charge in [0.2, 0.25) is 5.95 Å². The van der Waals surface area contributed by atoms with Crippen LogP contribution < -0.4 is 14.5 Å². The van der Waals surface area contributed by atoms with Crippen molar-refractivity contribution in [3.8, 4) is 0 Å². The van der Waals surface area contributed by atoms with Gasteiger partial charge >= 0.3 is 0 Å². The fourth-order valence-electron chi connectivity index (χ4n) is 2.97. The number of aromatic nitrogens is 4. The van der Waals surface area contributed by atoms with Gasteiger partial charge in [-0.25, -0.2) is 9.97 Å². The number of nitrogens with one attached hydrogen (secondary N) is 1. The summed E-state index contributed by atoms with van der Waals surface area (Å²) in [4.78, 5) is 17.0. The predicted octanol–water partition coefficient (Wildman–Crippen LogP) is 1.47. The number of hydrogen-bond donors (Lipinski definition) is 1. The van der Waals surface area contributed by atoms with E-state index in [2.05, 4.69) is 24.6 Å². The van der Waals surface area contributed by atoms with E-state index >= 15 is 0 Å². The highest BCUT2D eigenvalue weighted by molar-refractivity contribution is 7.92. The molecule has 0 spiro atoms. The Hall–Kier alpha value is -2.36. The summed E-state index contributed by atoms with van der Waals surface area (Å²) >= 11 is 0. The first-order valence-corrected chi connectivity index (χ1v) is 10.2. The van der Waals surface area contributed by atoms with Crippen LogP contribution in [-0.4, -0.2) is 55.1 Å². The molecule has 1 aliphatic heterocycles. The van der Waals surface area contributed by atoms with Crippen molar-refractivity contribution >= 4 is 27.5 Å². The number of sulfonamides is 1. The van der Waals surface area contributed by atoms with Crippen LogP contribution in [-0.2, 0) is 16.6 Å². The lowest BCUT2D eigenvalue weighted by Crippen LogP contribution is -2.24. The van der Waals surface area contributed by atoms with Gasteiger partial charge in [-0.15, -0.1) is 0 Å². The number of aryl methyl sites for hydroxylation is 2. The van der Waals surface area contributed by atoms with Crippen LogP contribution in [0.25, 0.3) is 0 Å². The Morgan fingerprint density at radius 3 is 2.50 bits per heavy atom. The van der Waals surface area contributed by atoms with Crippen molar-refractivity contribution in [1.29, 1.82) is 0 Å². The maximum Gasteiger partial charge on any atom is 0.281 e. The molecule has 9 nitrogen and oxygen atoms in total. The molecule has 0 bridgehead atoms. The second-order valence-corrected chi connectivity index (χ2v) is 8.14. The van der Waals surface area contributed by atoms with E-state index in [9.17, 15) is 8.42 Å². The molecule has 26 heavy (non-hydrogen) atoms. The first-order valence-electron chi connectivity index (χ1n) is 8.67. The van der Waals surface area contributed by atoms with Gasteiger partial charge in [0.15, 0.2) is 10.8 Å². The molecule has 1 fully saturated rings.